The van der Waals surface area contributed by atoms with Gasteiger partial charge in [0, 0.05) is 17.3 Å². The summed E-state index contributed by atoms with van der Waals surface area (Å²) in [6, 6.07) is 5.45. The number of pyridine rings is 1. The van der Waals surface area contributed by atoms with E-state index in [1.807, 2.05) is 19.1 Å². The molecule has 0 aliphatic carbocycles. The fourth-order valence-electron chi connectivity index (χ4n) is 1.69. The Hall–Kier alpha value is -1.77. The Bertz CT molecular complexity index is 494. The first-order chi connectivity index (χ1) is 7.26. The van der Waals surface area contributed by atoms with E-state index < -0.39 is 0 Å². The Morgan fingerprint density at radius 2 is 2.20 bits per heavy atom. The fourth-order valence-corrected chi connectivity index (χ4v) is 1.69. The molecular weight excluding hydrogens is 190 g/mol. The van der Waals surface area contributed by atoms with Gasteiger partial charge in [-0.15, -0.1) is 0 Å². The molecule has 2 aromatic rings. The van der Waals surface area contributed by atoms with Gasteiger partial charge in [-0.05, 0) is 30.0 Å². The highest BCUT2D eigenvalue weighted by atomic mass is 16.5. The first-order valence-electron chi connectivity index (χ1n) is 4.91. The van der Waals surface area contributed by atoms with E-state index in [0.29, 0.717) is 5.75 Å². The number of fused-ring (bicyclic) bond motifs is 1. The third kappa shape index (κ3) is 1.61. The van der Waals surface area contributed by atoms with E-state index in [1.165, 1.54) is 0 Å². The van der Waals surface area contributed by atoms with Crippen molar-refractivity contribution in [3.05, 3.63) is 30.1 Å². The number of hydrogen-bond acceptors (Lipinski definition) is 3. The molecule has 1 heterocycles. The van der Waals surface area contributed by atoms with Crippen LogP contribution in [0.5, 0.6) is 11.5 Å². The molecule has 1 aromatic heterocycles. The molecule has 0 aliphatic heterocycles. The molecule has 0 unspecified atom stereocenters. The van der Waals surface area contributed by atoms with Crippen LogP contribution in [0.25, 0.3) is 10.8 Å². The number of hydrogen-bond donors (Lipinski definition) is 1. The molecule has 3 nitrogen and oxygen atoms in total. The maximum atomic E-state index is 9.68. The average Bonchev–Trinajstić information content (AvgIpc) is 2.27. The summed E-state index contributed by atoms with van der Waals surface area (Å²) in [6.07, 6.45) is 2.63. The Balaban J connectivity index is 2.74. The first-order valence-corrected chi connectivity index (χ1v) is 4.91. The van der Waals surface area contributed by atoms with Gasteiger partial charge in [0.15, 0.2) is 11.5 Å². The number of nitrogens with zero attached hydrogens (tertiary/aromatic N) is 1. The van der Waals surface area contributed by atoms with Crippen molar-refractivity contribution in [2.75, 3.05) is 7.11 Å². The highest BCUT2D eigenvalue weighted by Crippen LogP contribution is 2.32. The van der Waals surface area contributed by atoms with E-state index in [2.05, 4.69) is 4.98 Å². The van der Waals surface area contributed by atoms with E-state index in [4.69, 9.17) is 4.74 Å². The van der Waals surface area contributed by atoms with Gasteiger partial charge in [0.25, 0.3) is 0 Å². The molecule has 1 N–H and O–H groups in total. The van der Waals surface area contributed by atoms with Gasteiger partial charge in [-0.3, -0.25) is 4.98 Å². The van der Waals surface area contributed by atoms with Gasteiger partial charge in [0.1, 0.15) is 0 Å². The molecule has 15 heavy (non-hydrogen) atoms. The minimum Gasteiger partial charge on any atom is -0.504 e. The lowest BCUT2D eigenvalue weighted by molar-refractivity contribution is 0.374. The first kappa shape index (κ1) is 9.77. The molecule has 0 atom stereocenters. The second kappa shape index (κ2) is 3.77. The third-order valence-electron chi connectivity index (χ3n) is 2.48. The van der Waals surface area contributed by atoms with Crippen molar-refractivity contribution in [1.29, 1.82) is 0 Å². The number of aryl methyl sites for hydroxylation is 1. The van der Waals surface area contributed by atoms with E-state index in [1.54, 1.807) is 19.4 Å². The number of aromatic nitrogens is 1. The molecule has 0 amide bonds. The monoisotopic (exact) mass is 203 g/mol. The van der Waals surface area contributed by atoms with Gasteiger partial charge < -0.3 is 9.84 Å². The zero-order valence-electron chi connectivity index (χ0n) is 8.82. The summed E-state index contributed by atoms with van der Waals surface area (Å²) >= 11 is 0. The predicted octanol–water partition coefficient (Wildman–Crippen LogP) is 2.51. The van der Waals surface area contributed by atoms with E-state index in [0.717, 1.165) is 22.9 Å². The fraction of sp³-hybridized carbons (Fsp3) is 0.250. The van der Waals surface area contributed by atoms with Crippen molar-refractivity contribution >= 4 is 10.8 Å². The molecular formula is C12H13NO2. The summed E-state index contributed by atoms with van der Waals surface area (Å²) < 4.78 is 5.06. The number of rotatable bonds is 2. The van der Waals surface area contributed by atoms with Gasteiger partial charge in [0.2, 0.25) is 0 Å². The molecule has 0 saturated carbocycles. The quantitative estimate of drug-likeness (QED) is 0.815. The van der Waals surface area contributed by atoms with E-state index in [9.17, 15) is 5.11 Å². The largest absolute Gasteiger partial charge is 0.504 e. The topological polar surface area (TPSA) is 42.4 Å². The minimum absolute atomic E-state index is 0.160. The number of phenols is 1. The van der Waals surface area contributed by atoms with Crippen molar-refractivity contribution in [2.24, 2.45) is 0 Å². The van der Waals surface area contributed by atoms with Crippen molar-refractivity contribution < 1.29 is 9.84 Å². The van der Waals surface area contributed by atoms with Gasteiger partial charge in [-0.1, -0.05) is 6.92 Å². The molecule has 0 bridgehead atoms. The van der Waals surface area contributed by atoms with Crippen LogP contribution >= 0.6 is 0 Å². The second-order valence-electron chi connectivity index (χ2n) is 3.36. The zero-order valence-corrected chi connectivity index (χ0v) is 8.82. The number of aromatic hydroxyl groups is 1. The van der Waals surface area contributed by atoms with Crippen LogP contribution in [-0.2, 0) is 6.42 Å². The van der Waals surface area contributed by atoms with Crippen LogP contribution in [0.4, 0.5) is 0 Å². The lowest BCUT2D eigenvalue weighted by atomic mass is 10.1. The summed E-state index contributed by atoms with van der Waals surface area (Å²) in [5.41, 5.74) is 0.991. The smallest absolute Gasteiger partial charge is 0.161 e. The standard InChI is InChI=1S/C12H13NO2/c1-3-10-9-7-11(14)12(15-2)6-8(9)4-5-13-10/h4-7,14H,3H2,1-2H3. The maximum Gasteiger partial charge on any atom is 0.161 e. The number of methoxy groups -OCH3 is 1. The van der Waals surface area contributed by atoms with Gasteiger partial charge in [-0.2, -0.15) is 0 Å². The molecule has 0 spiro atoms. The number of ether oxygens (including phenoxy) is 1. The average molecular weight is 203 g/mol. The van der Waals surface area contributed by atoms with E-state index >= 15 is 0 Å². The summed E-state index contributed by atoms with van der Waals surface area (Å²) in [5.74, 6) is 0.656. The molecule has 3 heteroatoms. The van der Waals surface area contributed by atoms with Crippen LogP contribution < -0.4 is 4.74 Å². The van der Waals surface area contributed by atoms with Crippen molar-refractivity contribution in [3.8, 4) is 11.5 Å². The molecule has 0 fully saturated rings. The summed E-state index contributed by atoms with van der Waals surface area (Å²) in [4.78, 5) is 4.27. The van der Waals surface area contributed by atoms with Gasteiger partial charge in [0.05, 0.1) is 7.11 Å². The van der Waals surface area contributed by atoms with Crippen LogP contribution in [0.1, 0.15) is 12.6 Å². The molecule has 0 saturated heterocycles. The highest BCUT2D eigenvalue weighted by Gasteiger charge is 2.06. The van der Waals surface area contributed by atoms with Crippen LogP contribution in [0.2, 0.25) is 0 Å². The van der Waals surface area contributed by atoms with Crippen LogP contribution in [0.15, 0.2) is 24.4 Å². The molecule has 1 aromatic carbocycles. The second-order valence-corrected chi connectivity index (χ2v) is 3.36. The van der Waals surface area contributed by atoms with Crippen molar-refractivity contribution in [1.82, 2.24) is 4.98 Å². The van der Waals surface area contributed by atoms with Crippen LogP contribution in [0, 0.1) is 0 Å². The van der Waals surface area contributed by atoms with Gasteiger partial charge >= 0.3 is 0 Å². The Labute approximate surface area is 88.3 Å². The predicted molar refractivity (Wildman–Crippen MR) is 59.3 cm³/mol. The van der Waals surface area contributed by atoms with Crippen LogP contribution in [-0.4, -0.2) is 17.2 Å². The van der Waals surface area contributed by atoms with Gasteiger partial charge in [-0.25, -0.2) is 0 Å². The Kier molecular flexibility index (Phi) is 2.46. The molecule has 2 rings (SSSR count). The zero-order chi connectivity index (χ0) is 10.8. The Morgan fingerprint density at radius 1 is 1.40 bits per heavy atom. The number of benzene rings is 1. The molecule has 0 radical (unpaired) electrons. The van der Waals surface area contributed by atoms with Crippen LogP contribution in [0.3, 0.4) is 0 Å². The Morgan fingerprint density at radius 3 is 2.87 bits per heavy atom. The lowest BCUT2D eigenvalue weighted by Gasteiger charge is -2.07. The van der Waals surface area contributed by atoms with Crippen molar-refractivity contribution in [2.45, 2.75) is 13.3 Å². The normalized spacial score (nSPS) is 10.5. The summed E-state index contributed by atoms with van der Waals surface area (Å²) in [7, 11) is 1.54. The minimum atomic E-state index is 0.160. The molecule has 78 valence electrons. The summed E-state index contributed by atoms with van der Waals surface area (Å²) in [6.45, 7) is 2.04. The number of phenolic OH excluding ortho intramolecular Hbond substituents is 1. The third-order valence-corrected chi connectivity index (χ3v) is 2.48. The van der Waals surface area contributed by atoms with Crippen molar-refractivity contribution in [3.63, 3.8) is 0 Å². The SMILES string of the molecule is CCc1nccc2cc(OC)c(O)cc12. The maximum absolute atomic E-state index is 9.68. The summed E-state index contributed by atoms with van der Waals surface area (Å²) in [5, 5.41) is 11.7. The van der Waals surface area contributed by atoms with E-state index in [-0.39, 0.29) is 5.75 Å². The lowest BCUT2D eigenvalue weighted by Crippen LogP contribution is -1.90. The highest BCUT2D eigenvalue weighted by molar-refractivity contribution is 5.87. The molecule has 0 aliphatic rings.